The van der Waals surface area contributed by atoms with Gasteiger partial charge in [-0.25, -0.2) is 0 Å². The number of rotatable bonds is 4. The van der Waals surface area contributed by atoms with Gasteiger partial charge in [0.05, 0.1) is 17.8 Å². The highest BCUT2D eigenvalue weighted by Crippen LogP contribution is 2.29. The van der Waals surface area contributed by atoms with E-state index >= 15 is 0 Å². The summed E-state index contributed by atoms with van der Waals surface area (Å²) in [5.74, 6) is -1.19. The molecule has 0 aliphatic carbocycles. The Balaban J connectivity index is 1.67. The van der Waals surface area contributed by atoms with Gasteiger partial charge in [0.1, 0.15) is 6.54 Å². The number of fused-ring (bicyclic) bond motifs is 1. The van der Waals surface area contributed by atoms with Crippen LogP contribution in [0.3, 0.4) is 0 Å². The van der Waals surface area contributed by atoms with Crippen LogP contribution in [-0.4, -0.2) is 30.4 Å². The van der Waals surface area contributed by atoms with E-state index < -0.39 is 18.0 Å². The summed E-state index contributed by atoms with van der Waals surface area (Å²) in [5, 5.41) is 2.72. The second-order valence-electron chi connectivity index (χ2n) is 6.28. The first-order chi connectivity index (χ1) is 12.4. The standard InChI is InChI=1S/C20H20N2O4/c1-13-7-9-15(10-8-13)11-19(24)26-14(2)20(25)22-12-18(23)21-16-5-3-4-6-17(16)22/h3-10,14H,11-12H2,1-2H3,(H,21,23)/t14-/m1/s1. The van der Waals surface area contributed by atoms with Gasteiger partial charge in [-0.1, -0.05) is 42.0 Å². The van der Waals surface area contributed by atoms with Gasteiger partial charge in [0.15, 0.2) is 6.10 Å². The van der Waals surface area contributed by atoms with Crippen LogP contribution in [0, 0.1) is 6.92 Å². The molecule has 2 amide bonds. The topological polar surface area (TPSA) is 75.7 Å². The van der Waals surface area contributed by atoms with Crippen LogP contribution in [0.5, 0.6) is 0 Å². The highest BCUT2D eigenvalue weighted by atomic mass is 16.5. The molecule has 2 aromatic rings. The van der Waals surface area contributed by atoms with Crippen LogP contribution < -0.4 is 10.2 Å². The van der Waals surface area contributed by atoms with Gasteiger partial charge in [-0.3, -0.25) is 19.3 Å². The fraction of sp³-hybridized carbons (Fsp3) is 0.250. The third kappa shape index (κ3) is 3.91. The van der Waals surface area contributed by atoms with Crippen LogP contribution >= 0.6 is 0 Å². The number of carbonyl (C=O) groups excluding carboxylic acids is 3. The van der Waals surface area contributed by atoms with E-state index in [-0.39, 0.29) is 18.9 Å². The van der Waals surface area contributed by atoms with Crippen molar-refractivity contribution in [3.63, 3.8) is 0 Å². The summed E-state index contributed by atoms with van der Waals surface area (Å²) in [6.45, 7) is 3.38. The predicted octanol–water partition coefficient (Wildman–Crippen LogP) is 2.45. The van der Waals surface area contributed by atoms with Crippen LogP contribution in [0.2, 0.25) is 0 Å². The van der Waals surface area contributed by atoms with Crippen LogP contribution in [-0.2, 0) is 25.5 Å². The largest absolute Gasteiger partial charge is 0.452 e. The normalized spacial score (nSPS) is 14.2. The van der Waals surface area contributed by atoms with Crippen LogP contribution in [0.4, 0.5) is 11.4 Å². The lowest BCUT2D eigenvalue weighted by atomic mass is 10.1. The van der Waals surface area contributed by atoms with E-state index in [1.54, 1.807) is 24.3 Å². The molecule has 1 atom stereocenters. The van der Waals surface area contributed by atoms with E-state index in [4.69, 9.17) is 4.74 Å². The minimum absolute atomic E-state index is 0.0922. The Morgan fingerprint density at radius 2 is 1.85 bits per heavy atom. The molecule has 0 saturated carbocycles. The number of carbonyl (C=O) groups is 3. The molecule has 1 N–H and O–H groups in total. The summed E-state index contributed by atoms with van der Waals surface area (Å²) in [6, 6.07) is 14.6. The van der Waals surface area contributed by atoms with Gasteiger partial charge >= 0.3 is 5.97 Å². The summed E-state index contributed by atoms with van der Waals surface area (Å²) in [5.41, 5.74) is 3.09. The Morgan fingerprint density at radius 3 is 2.58 bits per heavy atom. The minimum Gasteiger partial charge on any atom is -0.452 e. The molecule has 0 unspecified atom stereocenters. The molecular weight excluding hydrogens is 332 g/mol. The Hall–Kier alpha value is -3.15. The molecule has 0 spiro atoms. The smallest absolute Gasteiger partial charge is 0.311 e. The van der Waals surface area contributed by atoms with Gasteiger partial charge in [0.25, 0.3) is 5.91 Å². The Morgan fingerprint density at radius 1 is 1.15 bits per heavy atom. The van der Waals surface area contributed by atoms with Gasteiger partial charge in [-0.05, 0) is 31.5 Å². The first-order valence-corrected chi connectivity index (χ1v) is 8.39. The van der Waals surface area contributed by atoms with Crippen molar-refractivity contribution < 1.29 is 19.1 Å². The zero-order valence-corrected chi connectivity index (χ0v) is 14.7. The molecule has 0 saturated heterocycles. The molecule has 1 aliphatic rings. The third-order valence-corrected chi connectivity index (χ3v) is 4.16. The first kappa shape index (κ1) is 17.7. The molecule has 134 valence electrons. The molecule has 26 heavy (non-hydrogen) atoms. The average Bonchev–Trinajstić information content (AvgIpc) is 2.62. The van der Waals surface area contributed by atoms with Gasteiger partial charge < -0.3 is 10.1 Å². The Labute approximate surface area is 151 Å². The molecule has 1 aliphatic heterocycles. The Bertz CT molecular complexity index is 845. The van der Waals surface area contributed by atoms with Crippen molar-refractivity contribution in [1.29, 1.82) is 0 Å². The third-order valence-electron chi connectivity index (χ3n) is 4.16. The summed E-state index contributed by atoms with van der Waals surface area (Å²) >= 11 is 0. The number of hydrogen-bond acceptors (Lipinski definition) is 4. The maximum atomic E-state index is 12.7. The number of aryl methyl sites for hydroxylation is 1. The number of ether oxygens (including phenoxy) is 1. The van der Waals surface area contributed by atoms with Crippen LogP contribution in [0.1, 0.15) is 18.1 Å². The van der Waals surface area contributed by atoms with Crippen molar-refractivity contribution in [3.8, 4) is 0 Å². The van der Waals surface area contributed by atoms with Gasteiger partial charge in [-0.2, -0.15) is 0 Å². The van der Waals surface area contributed by atoms with Crippen molar-refractivity contribution in [1.82, 2.24) is 0 Å². The fourth-order valence-corrected chi connectivity index (χ4v) is 2.81. The monoisotopic (exact) mass is 352 g/mol. The molecule has 0 bridgehead atoms. The summed E-state index contributed by atoms with van der Waals surface area (Å²) < 4.78 is 5.29. The lowest BCUT2D eigenvalue weighted by Gasteiger charge is -2.30. The number of anilines is 2. The highest BCUT2D eigenvalue weighted by molar-refractivity contribution is 6.11. The number of nitrogens with one attached hydrogen (secondary N) is 1. The number of para-hydroxylation sites is 2. The summed E-state index contributed by atoms with van der Waals surface area (Å²) in [7, 11) is 0. The van der Waals surface area contributed by atoms with E-state index in [9.17, 15) is 14.4 Å². The molecular formula is C20H20N2O4. The molecule has 6 nitrogen and oxygen atoms in total. The number of esters is 1. The second kappa shape index (κ2) is 7.39. The van der Waals surface area contributed by atoms with Crippen LogP contribution in [0.15, 0.2) is 48.5 Å². The van der Waals surface area contributed by atoms with Gasteiger partial charge in [-0.15, -0.1) is 0 Å². The number of amides is 2. The maximum Gasteiger partial charge on any atom is 0.311 e. The van der Waals surface area contributed by atoms with E-state index in [1.165, 1.54) is 11.8 Å². The lowest BCUT2D eigenvalue weighted by molar-refractivity contribution is -0.153. The van der Waals surface area contributed by atoms with Crippen molar-refractivity contribution in [3.05, 3.63) is 59.7 Å². The predicted molar refractivity (Wildman–Crippen MR) is 97.9 cm³/mol. The van der Waals surface area contributed by atoms with Crippen LogP contribution in [0.25, 0.3) is 0 Å². The van der Waals surface area contributed by atoms with Gasteiger partial charge in [0, 0.05) is 0 Å². The number of benzene rings is 2. The minimum atomic E-state index is -0.980. The number of nitrogens with zero attached hydrogens (tertiary/aromatic N) is 1. The average molecular weight is 352 g/mol. The SMILES string of the molecule is Cc1ccc(CC(=O)O[C@H](C)C(=O)N2CC(=O)Nc3ccccc32)cc1. The fourth-order valence-electron chi connectivity index (χ4n) is 2.81. The van der Waals surface area contributed by atoms with Crippen molar-refractivity contribution >= 4 is 29.2 Å². The summed E-state index contributed by atoms with van der Waals surface area (Å²) in [6.07, 6.45) is -0.887. The molecule has 1 heterocycles. The molecule has 2 aromatic carbocycles. The summed E-state index contributed by atoms with van der Waals surface area (Å²) in [4.78, 5) is 38.0. The van der Waals surface area contributed by atoms with Gasteiger partial charge in [0.2, 0.25) is 5.91 Å². The van der Waals surface area contributed by atoms with E-state index in [0.717, 1.165) is 11.1 Å². The molecule has 3 rings (SSSR count). The van der Waals surface area contributed by atoms with Crippen molar-refractivity contribution in [2.24, 2.45) is 0 Å². The molecule has 0 radical (unpaired) electrons. The van der Waals surface area contributed by atoms with Crippen molar-refractivity contribution in [2.45, 2.75) is 26.4 Å². The Kier molecular flexibility index (Phi) is 5.02. The molecule has 0 aromatic heterocycles. The maximum absolute atomic E-state index is 12.7. The zero-order valence-electron chi connectivity index (χ0n) is 14.7. The highest BCUT2D eigenvalue weighted by Gasteiger charge is 2.31. The number of hydrogen-bond donors (Lipinski definition) is 1. The van der Waals surface area contributed by atoms with E-state index in [2.05, 4.69) is 5.32 Å². The molecule has 0 fully saturated rings. The quantitative estimate of drug-likeness (QED) is 0.858. The van der Waals surface area contributed by atoms with E-state index in [1.807, 2.05) is 31.2 Å². The second-order valence-corrected chi connectivity index (χ2v) is 6.28. The first-order valence-electron chi connectivity index (χ1n) is 8.39. The zero-order chi connectivity index (χ0) is 18.7. The van der Waals surface area contributed by atoms with Crippen molar-refractivity contribution in [2.75, 3.05) is 16.8 Å². The lowest BCUT2D eigenvalue weighted by Crippen LogP contribution is -2.47. The van der Waals surface area contributed by atoms with E-state index in [0.29, 0.717) is 11.4 Å². The molecule has 6 heteroatoms.